The normalized spacial score (nSPS) is 9.62. The molecule has 0 fully saturated rings. The lowest BCUT2D eigenvalue weighted by molar-refractivity contribution is -0.138. The number of hydrogen-bond acceptors (Lipinski definition) is 3. The smallest absolute Gasteiger partial charge is 0.335 e. The van der Waals surface area contributed by atoms with Gasteiger partial charge in [-0.2, -0.15) is 0 Å². The SMILES string of the molecule is C=C(CNc1ccccc1F)C(=O)OCC. The van der Waals surface area contributed by atoms with Gasteiger partial charge in [0.05, 0.1) is 12.3 Å². The van der Waals surface area contributed by atoms with Gasteiger partial charge in [0.2, 0.25) is 0 Å². The Labute approximate surface area is 93.9 Å². The average molecular weight is 223 g/mol. The van der Waals surface area contributed by atoms with Crippen molar-refractivity contribution in [2.24, 2.45) is 0 Å². The van der Waals surface area contributed by atoms with Crippen LogP contribution in [-0.2, 0) is 9.53 Å². The van der Waals surface area contributed by atoms with Gasteiger partial charge < -0.3 is 10.1 Å². The fraction of sp³-hybridized carbons (Fsp3) is 0.250. The third-order valence-corrected chi connectivity index (χ3v) is 1.93. The van der Waals surface area contributed by atoms with Gasteiger partial charge >= 0.3 is 5.97 Å². The average Bonchev–Trinajstić information content (AvgIpc) is 2.28. The van der Waals surface area contributed by atoms with Crippen LogP contribution in [0.3, 0.4) is 0 Å². The van der Waals surface area contributed by atoms with E-state index in [-0.39, 0.29) is 17.9 Å². The number of anilines is 1. The number of carbonyl (C=O) groups excluding carboxylic acids is 1. The van der Waals surface area contributed by atoms with Crippen LogP contribution >= 0.6 is 0 Å². The van der Waals surface area contributed by atoms with Gasteiger partial charge in [0.25, 0.3) is 0 Å². The number of carbonyl (C=O) groups is 1. The van der Waals surface area contributed by atoms with Crippen LogP contribution in [-0.4, -0.2) is 19.1 Å². The molecule has 0 aliphatic carbocycles. The minimum Gasteiger partial charge on any atom is -0.463 e. The topological polar surface area (TPSA) is 38.3 Å². The van der Waals surface area contributed by atoms with E-state index in [1.165, 1.54) is 6.07 Å². The van der Waals surface area contributed by atoms with Crippen LogP contribution in [0.2, 0.25) is 0 Å². The second-order valence-corrected chi connectivity index (χ2v) is 3.16. The van der Waals surface area contributed by atoms with E-state index in [9.17, 15) is 9.18 Å². The first-order valence-corrected chi connectivity index (χ1v) is 4.98. The molecule has 86 valence electrons. The van der Waals surface area contributed by atoms with Crippen LogP contribution in [0.15, 0.2) is 36.4 Å². The van der Waals surface area contributed by atoms with Gasteiger partial charge in [-0.15, -0.1) is 0 Å². The summed E-state index contributed by atoms with van der Waals surface area (Å²) in [7, 11) is 0. The summed E-state index contributed by atoms with van der Waals surface area (Å²) in [5.74, 6) is -0.828. The Morgan fingerprint density at radius 2 is 2.19 bits per heavy atom. The molecule has 1 rings (SSSR count). The zero-order chi connectivity index (χ0) is 12.0. The van der Waals surface area contributed by atoms with E-state index in [1.54, 1.807) is 25.1 Å². The van der Waals surface area contributed by atoms with Crippen molar-refractivity contribution in [3.05, 3.63) is 42.2 Å². The number of para-hydroxylation sites is 1. The molecular weight excluding hydrogens is 209 g/mol. The quantitative estimate of drug-likeness (QED) is 0.615. The molecular formula is C12H14FNO2. The van der Waals surface area contributed by atoms with Gasteiger partial charge in [-0.05, 0) is 19.1 Å². The first-order chi connectivity index (χ1) is 7.65. The Morgan fingerprint density at radius 3 is 2.81 bits per heavy atom. The standard InChI is InChI=1S/C12H14FNO2/c1-3-16-12(15)9(2)8-14-11-7-5-4-6-10(11)13/h4-7,14H,2-3,8H2,1H3. The minimum atomic E-state index is -0.466. The molecule has 0 aliphatic heterocycles. The van der Waals surface area contributed by atoms with Gasteiger partial charge in [-0.3, -0.25) is 0 Å². The molecule has 1 aromatic rings. The summed E-state index contributed by atoms with van der Waals surface area (Å²) < 4.78 is 17.9. The lowest BCUT2D eigenvalue weighted by Crippen LogP contribution is -2.15. The van der Waals surface area contributed by atoms with E-state index < -0.39 is 5.97 Å². The van der Waals surface area contributed by atoms with Gasteiger partial charge in [0, 0.05) is 12.1 Å². The maximum Gasteiger partial charge on any atom is 0.335 e. The molecule has 0 unspecified atom stereocenters. The highest BCUT2D eigenvalue weighted by Gasteiger charge is 2.08. The van der Waals surface area contributed by atoms with Gasteiger partial charge in [0.15, 0.2) is 0 Å². The zero-order valence-corrected chi connectivity index (χ0v) is 9.13. The molecule has 0 aliphatic rings. The van der Waals surface area contributed by atoms with Gasteiger partial charge in [-0.1, -0.05) is 18.7 Å². The molecule has 1 aromatic carbocycles. The summed E-state index contributed by atoms with van der Waals surface area (Å²) in [6.45, 7) is 5.75. The molecule has 0 saturated heterocycles. The van der Waals surface area contributed by atoms with E-state index in [4.69, 9.17) is 4.74 Å². The summed E-state index contributed by atoms with van der Waals surface area (Å²) in [5.41, 5.74) is 0.609. The predicted octanol–water partition coefficient (Wildman–Crippen LogP) is 2.36. The highest BCUT2D eigenvalue weighted by molar-refractivity contribution is 5.88. The van der Waals surface area contributed by atoms with Crippen molar-refractivity contribution in [2.45, 2.75) is 6.92 Å². The Morgan fingerprint density at radius 1 is 1.50 bits per heavy atom. The van der Waals surface area contributed by atoms with E-state index in [0.29, 0.717) is 12.3 Å². The lowest BCUT2D eigenvalue weighted by Gasteiger charge is -2.08. The zero-order valence-electron chi connectivity index (χ0n) is 9.13. The summed E-state index contributed by atoms with van der Waals surface area (Å²) in [5, 5.41) is 2.78. The van der Waals surface area contributed by atoms with E-state index in [2.05, 4.69) is 11.9 Å². The Hall–Kier alpha value is -1.84. The number of nitrogens with one attached hydrogen (secondary N) is 1. The fourth-order valence-corrected chi connectivity index (χ4v) is 1.11. The second kappa shape index (κ2) is 5.90. The fourth-order valence-electron chi connectivity index (χ4n) is 1.11. The Balaban J connectivity index is 2.49. The largest absolute Gasteiger partial charge is 0.463 e. The van der Waals surface area contributed by atoms with E-state index >= 15 is 0 Å². The maximum absolute atomic E-state index is 13.2. The minimum absolute atomic E-state index is 0.166. The molecule has 4 heteroatoms. The van der Waals surface area contributed by atoms with Crippen molar-refractivity contribution in [1.82, 2.24) is 0 Å². The maximum atomic E-state index is 13.2. The number of ether oxygens (including phenoxy) is 1. The second-order valence-electron chi connectivity index (χ2n) is 3.16. The summed E-state index contributed by atoms with van der Waals surface area (Å²) >= 11 is 0. The first-order valence-electron chi connectivity index (χ1n) is 4.98. The van der Waals surface area contributed by atoms with Crippen molar-refractivity contribution in [2.75, 3.05) is 18.5 Å². The molecule has 0 atom stereocenters. The Kier molecular flexibility index (Phi) is 4.51. The van der Waals surface area contributed by atoms with Crippen LogP contribution in [0.25, 0.3) is 0 Å². The van der Waals surface area contributed by atoms with Crippen molar-refractivity contribution < 1.29 is 13.9 Å². The molecule has 3 nitrogen and oxygen atoms in total. The number of rotatable bonds is 5. The molecule has 0 radical (unpaired) electrons. The van der Waals surface area contributed by atoms with Crippen LogP contribution in [0, 0.1) is 5.82 Å². The van der Waals surface area contributed by atoms with Crippen molar-refractivity contribution in [1.29, 1.82) is 0 Å². The summed E-state index contributed by atoms with van der Waals surface area (Å²) in [6.07, 6.45) is 0. The monoisotopic (exact) mass is 223 g/mol. The molecule has 0 aromatic heterocycles. The number of hydrogen-bond donors (Lipinski definition) is 1. The number of esters is 1. The first kappa shape index (κ1) is 12.2. The molecule has 0 bridgehead atoms. The van der Waals surface area contributed by atoms with Gasteiger partial charge in [-0.25, -0.2) is 9.18 Å². The van der Waals surface area contributed by atoms with E-state index in [1.807, 2.05) is 0 Å². The number of halogens is 1. The van der Waals surface area contributed by atoms with Crippen molar-refractivity contribution >= 4 is 11.7 Å². The predicted molar refractivity (Wildman–Crippen MR) is 60.7 cm³/mol. The summed E-state index contributed by atoms with van der Waals surface area (Å²) in [6, 6.07) is 6.24. The third kappa shape index (κ3) is 3.38. The van der Waals surface area contributed by atoms with Crippen molar-refractivity contribution in [3.63, 3.8) is 0 Å². The Bertz CT molecular complexity index is 390. The van der Waals surface area contributed by atoms with Crippen LogP contribution < -0.4 is 5.32 Å². The third-order valence-electron chi connectivity index (χ3n) is 1.93. The lowest BCUT2D eigenvalue weighted by atomic mass is 10.2. The number of benzene rings is 1. The molecule has 16 heavy (non-hydrogen) atoms. The molecule has 0 heterocycles. The van der Waals surface area contributed by atoms with Crippen LogP contribution in [0.4, 0.5) is 10.1 Å². The van der Waals surface area contributed by atoms with Crippen LogP contribution in [0.1, 0.15) is 6.92 Å². The van der Waals surface area contributed by atoms with Crippen LogP contribution in [0.5, 0.6) is 0 Å². The van der Waals surface area contributed by atoms with Crippen molar-refractivity contribution in [3.8, 4) is 0 Å². The highest BCUT2D eigenvalue weighted by Crippen LogP contribution is 2.12. The molecule has 0 spiro atoms. The van der Waals surface area contributed by atoms with Gasteiger partial charge in [0.1, 0.15) is 5.82 Å². The van der Waals surface area contributed by atoms with E-state index in [0.717, 1.165) is 0 Å². The highest BCUT2D eigenvalue weighted by atomic mass is 19.1. The molecule has 1 N–H and O–H groups in total. The molecule has 0 amide bonds. The molecule has 0 saturated carbocycles. The summed E-state index contributed by atoms with van der Waals surface area (Å²) in [4.78, 5) is 11.2.